The molecule has 2 unspecified atom stereocenters. The molecule has 7 nitrogen and oxygen atoms in total. The van der Waals surface area contributed by atoms with Gasteiger partial charge in [-0.15, -0.1) is 0 Å². The number of carboxylic acids is 1. The lowest BCUT2D eigenvalue weighted by molar-refractivity contribution is 0.0695. The predicted molar refractivity (Wildman–Crippen MR) is 92.6 cm³/mol. The Morgan fingerprint density at radius 1 is 1.44 bits per heavy atom. The Morgan fingerprint density at radius 3 is 2.76 bits per heavy atom. The van der Waals surface area contributed by atoms with Gasteiger partial charge in [0.1, 0.15) is 11.4 Å². The molecule has 2 aliphatic rings. The fourth-order valence-corrected chi connectivity index (χ4v) is 3.79. The van der Waals surface area contributed by atoms with Crippen molar-refractivity contribution in [3.05, 3.63) is 39.4 Å². The van der Waals surface area contributed by atoms with Gasteiger partial charge in [-0.1, -0.05) is 0 Å². The number of hydrogen-bond donors (Lipinski definition) is 2. The smallest absolute Gasteiger partial charge is 0.341 e. The highest BCUT2D eigenvalue weighted by atomic mass is 19.1. The Balaban J connectivity index is 2.07. The van der Waals surface area contributed by atoms with Crippen LogP contribution in [0.1, 0.15) is 22.8 Å². The molecule has 0 bridgehead atoms. The predicted octanol–water partition coefficient (Wildman–Crippen LogP) is 0.499. The summed E-state index contributed by atoms with van der Waals surface area (Å²) < 4.78 is 16.6. The van der Waals surface area contributed by atoms with Crippen LogP contribution in [-0.4, -0.2) is 48.0 Å². The van der Waals surface area contributed by atoms with E-state index in [0.29, 0.717) is 30.7 Å². The summed E-state index contributed by atoms with van der Waals surface area (Å²) in [5.41, 5.74) is 6.73. The molecule has 25 heavy (non-hydrogen) atoms. The summed E-state index contributed by atoms with van der Waals surface area (Å²) >= 11 is 0. The quantitative estimate of drug-likeness (QED) is 0.823. The Labute approximate surface area is 143 Å². The van der Waals surface area contributed by atoms with E-state index in [1.165, 1.54) is 6.20 Å². The average Bonchev–Trinajstić information content (AvgIpc) is 2.57. The number of aromatic carboxylic acids is 1. The van der Waals surface area contributed by atoms with Gasteiger partial charge >= 0.3 is 5.97 Å². The summed E-state index contributed by atoms with van der Waals surface area (Å²) in [5.74, 6) is -1.82. The molecule has 2 aliphatic heterocycles. The van der Waals surface area contributed by atoms with E-state index < -0.39 is 17.2 Å². The summed E-state index contributed by atoms with van der Waals surface area (Å²) in [4.78, 5) is 25.8. The molecule has 0 spiro atoms. The van der Waals surface area contributed by atoms with Gasteiger partial charge in [0.15, 0.2) is 0 Å². The van der Waals surface area contributed by atoms with Crippen molar-refractivity contribution in [2.24, 2.45) is 5.73 Å². The van der Waals surface area contributed by atoms with E-state index in [-0.39, 0.29) is 23.0 Å². The third-order valence-corrected chi connectivity index (χ3v) is 5.38. The van der Waals surface area contributed by atoms with E-state index in [4.69, 9.17) is 5.73 Å². The molecule has 132 valence electrons. The first-order valence-electron chi connectivity index (χ1n) is 8.19. The number of anilines is 1. The highest BCUT2D eigenvalue weighted by Gasteiger charge is 2.37. The van der Waals surface area contributed by atoms with Crippen LogP contribution in [0.5, 0.6) is 0 Å². The lowest BCUT2D eigenvalue weighted by Crippen LogP contribution is -2.63. The van der Waals surface area contributed by atoms with E-state index in [0.717, 1.165) is 11.6 Å². The average molecular weight is 346 g/mol. The molecule has 8 heteroatoms. The second kappa shape index (κ2) is 5.19. The third kappa shape index (κ3) is 2.07. The summed E-state index contributed by atoms with van der Waals surface area (Å²) in [6.45, 7) is 3.10. The van der Waals surface area contributed by atoms with Gasteiger partial charge in [-0.2, -0.15) is 0 Å². The van der Waals surface area contributed by atoms with Crippen LogP contribution in [0.15, 0.2) is 17.1 Å². The first-order chi connectivity index (χ1) is 11.8. The Morgan fingerprint density at radius 2 is 2.16 bits per heavy atom. The maximum Gasteiger partial charge on any atom is 0.341 e. The largest absolute Gasteiger partial charge is 0.477 e. The van der Waals surface area contributed by atoms with Gasteiger partial charge < -0.3 is 20.7 Å². The molecule has 1 aromatic carbocycles. The highest BCUT2D eigenvalue weighted by Crippen LogP contribution is 2.37. The van der Waals surface area contributed by atoms with E-state index in [9.17, 15) is 19.1 Å². The van der Waals surface area contributed by atoms with Crippen LogP contribution in [0.3, 0.4) is 0 Å². The van der Waals surface area contributed by atoms with Crippen LogP contribution in [-0.2, 0) is 6.42 Å². The molecule has 2 atom stereocenters. The van der Waals surface area contributed by atoms with Crippen LogP contribution in [0.25, 0.3) is 10.9 Å². The SMILES string of the molecule is CC1C(N)CN1c1c(F)cc2c(=O)c(C(=O)O)cn3c2c1CCN3C. The Hall–Kier alpha value is -2.61. The molecule has 0 radical (unpaired) electrons. The normalized spacial score (nSPS) is 22.2. The minimum atomic E-state index is -1.32. The number of pyridine rings is 1. The number of aromatic nitrogens is 1. The van der Waals surface area contributed by atoms with E-state index >= 15 is 0 Å². The van der Waals surface area contributed by atoms with E-state index in [2.05, 4.69) is 0 Å². The lowest BCUT2D eigenvalue weighted by Gasteiger charge is -2.47. The van der Waals surface area contributed by atoms with Crippen LogP contribution in [0, 0.1) is 5.82 Å². The number of nitrogens with zero attached hydrogens (tertiary/aromatic N) is 3. The molecule has 1 saturated heterocycles. The molecule has 1 fully saturated rings. The highest BCUT2D eigenvalue weighted by molar-refractivity contribution is 5.95. The lowest BCUT2D eigenvalue weighted by atomic mass is 9.93. The fraction of sp³-hybridized carbons (Fsp3) is 0.412. The number of likely N-dealkylation sites (N-methyl/N-ethyl adjacent to an activating group) is 1. The van der Waals surface area contributed by atoms with Crippen molar-refractivity contribution >= 4 is 22.6 Å². The zero-order chi connectivity index (χ0) is 18.0. The van der Waals surface area contributed by atoms with Gasteiger partial charge in [0, 0.05) is 44.0 Å². The third-order valence-electron chi connectivity index (χ3n) is 5.38. The molecule has 0 amide bonds. The minimum absolute atomic E-state index is 0.00913. The second-order valence-corrected chi connectivity index (χ2v) is 6.79. The van der Waals surface area contributed by atoms with Crippen molar-refractivity contribution in [3.63, 3.8) is 0 Å². The zero-order valence-electron chi connectivity index (χ0n) is 14.0. The van der Waals surface area contributed by atoms with Crippen LogP contribution >= 0.6 is 0 Å². The van der Waals surface area contributed by atoms with Gasteiger partial charge in [0.25, 0.3) is 0 Å². The van der Waals surface area contributed by atoms with Gasteiger partial charge in [-0.25, -0.2) is 9.18 Å². The van der Waals surface area contributed by atoms with Crippen molar-refractivity contribution in [2.75, 3.05) is 30.0 Å². The van der Waals surface area contributed by atoms with E-state index in [1.807, 2.05) is 23.9 Å². The number of halogens is 1. The molecule has 0 saturated carbocycles. The summed E-state index contributed by atoms with van der Waals surface area (Å²) in [5, 5.41) is 11.2. The first kappa shape index (κ1) is 15.9. The first-order valence-corrected chi connectivity index (χ1v) is 8.19. The molecular weight excluding hydrogens is 327 g/mol. The minimum Gasteiger partial charge on any atom is -0.477 e. The van der Waals surface area contributed by atoms with Crippen molar-refractivity contribution in [1.82, 2.24) is 4.68 Å². The molecule has 4 rings (SSSR count). The summed E-state index contributed by atoms with van der Waals surface area (Å²) in [6.07, 6.45) is 1.90. The standard InChI is InChI=1S/C17H19FN4O3/c1-8-13(19)7-21(8)15-9-3-4-20(2)22-6-11(17(24)25)16(23)10(14(9)22)5-12(15)18/h5-6,8,13H,3-4,7,19H2,1-2H3,(H,24,25). The van der Waals surface area contributed by atoms with Crippen molar-refractivity contribution in [1.29, 1.82) is 0 Å². The van der Waals surface area contributed by atoms with Crippen LogP contribution in [0.2, 0.25) is 0 Å². The number of nitrogens with two attached hydrogens (primary N) is 1. The van der Waals surface area contributed by atoms with Crippen molar-refractivity contribution in [3.8, 4) is 0 Å². The van der Waals surface area contributed by atoms with E-state index in [1.54, 1.807) is 4.68 Å². The van der Waals surface area contributed by atoms with Crippen molar-refractivity contribution in [2.45, 2.75) is 25.4 Å². The van der Waals surface area contributed by atoms with Gasteiger partial charge in [-0.3, -0.25) is 9.47 Å². The summed E-state index contributed by atoms with van der Waals surface area (Å²) in [7, 11) is 1.81. The molecule has 3 N–H and O–H groups in total. The monoisotopic (exact) mass is 346 g/mol. The Bertz CT molecular complexity index is 971. The molecule has 3 heterocycles. The van der Waals surface area contributed by atoms with Crippen molar-refractivity contribution < 1.29 is 14.3 Å². The zero-order valence-corrected chi connectivity index (χ0v) is 14.0. The number of hydrogen-bond acceptors (Lipinski definition) is 5. The van der Waals surface area contributed by atoms with Gasteiger partial charge in [0.2, 0.25) is 5.43 Å². The molecule has 0 aliphatic carbocycles. The number of benzene rings is 1. The number of carbonyl (C=O) groups is 1. The summed E-state index contributed by atoms with van der Waals surface area (Å²) in [6, 6.07) is 1.17. The van der Waals surface area contributed by atoms with Crippen LogP contribution < -0.4 is 21.1 Å². The second-order valence-electron chi connectivity index (χ2n) is 6.79. The topological polar surface area (TPSA) is 91.8 Å². The fourth-order valence-electron chi connectivity index (χ4n) is 3.79. The van der Waals surface area contributed by atoms with Gasteiger partial charge in [-0.05, 0) is 19.4 Å². The maximum atomic E-state index is 14.9. The van der Waals surface area contributed by atoms with Crippen LogP contribution in [0.4, 0.5) is 10.1 Å². The van der Waals surface area contributed by atoms with Gasteiger partial charge in [0.05, 0.1) is 16.6 Å². The number of carboxylic acid groups (broad SMARTS) is 1. The number of rotatable bonds is 2. The molecule has 1 aromatic heterocycles. The Kier molecular flexibility index (Phi) is 3.30. The molecular formula is C17H19FN4O3. The molecule has 2 aromatic rings. The maximum absolute atomic E-state index is 14.9.